The zero-order valence-electron chi connectivity index (χ0n) is 10.7. The molecule has 98 valence electrons. The van der Waals surface area contributed by atoms with Crippen molar-refractivity contribution in [1.29, 1.82) is 0 Å². The smallest absolute Gasteiger partial charge is 0.147 e. The third-order valence-electron chi connectivity index (χ3n) is 2.71. The molecular weight excluding hydrogens is 276 g/mol. The Morgan fingerprint density at radius 3 is 2.68 bits per heavy atom. The highest BCUT2D eigenvalue weighted by Gasteiger charge is 2.06. The molecule has 0 N–H and O–H groups in total. The van der Waals surface area contributed by atoms with E-state index in [1.807, 2.05) is 49.4 Å². The van der Waals surface area contributed by atoms with Crippen LogP contribution in [0.1, 0.15) is 11.1 Å². The topological polar surface area (TPSA) is 17.1 Å². The van der Waals surface area contributed by atoms with E-state index in [0.29, 0.717) is 17.2 Å². The van der Waals surface area contributed by atoms with E-state index in [9.17, 15) is 4.79 Å². The number of rotatable bonds is 5. The zero-order valence-corrected chi connectivity index (χ0v) is 12.3. The quantitative estimate of drug-likeness (QED) is 0.751. The van der Waals surface area contributed by atoms with Crippen LogP contribution >= 0.6 is 23.4 Å². The fourth-order valence-corrected chi connectivity index (χ4v) is 2.92. The number of ketones is 1. The van der Waals surface area contributed by atoms with Gasteiger partial charge < -0.3 is 0 Å². The highest BCUT2D eigenvalue weighted by molar-refractivity contribution is 8.00. The molecule has 0 unspecified atom stereocenters. The van der Waals surface area contributed by atoms with E-state index in [4.69, 9.17) is 11.6 Å². The number of benzene rings is 2. The van der Waals surface area contributed by atoms with Crippen LogP contribution in [-0.2, 0) is 11.2 Å². The van der Waals surface area contributed by atoms with Crippen molar-refractivity contribution in [3.8, 4) is 0 Å². The van der Waals surface area contributed by atoms with Crippen LogP contribution in [0.4, 0.5) is 0 Å². The van der Waals surface area contributed by atoms with E-state index in [-0.39, 0.29) is 5.78 Å². The number of halogens is 1. The van der Waals surface area contributed by atoms with Gasteiger partial charge >= 0.3 is 0 Å². The van der Waals surface area contributed by atoms with Gasteiger partial charge in [-0.05, 0) is 24.6 Å². The lowest BCUT2D eigenvalue weighted by Gasteiger charge is -2.04. The number of carbonyl (C=O) groups is 1. The summed E-state index contributed by atoms with van der Waals surface area (Å²) in [5.41, 5.74) is 2.26. The van der Waals surface area contributed by atoms with Crippen LogP contribution in [0.2, 0.25) is 5.02 Å². The van der Waals surface area contributed by atoms with Crippen LogP contribution in [-0.4, -0.2) is 11.5 Å². The van der Waals surface area contributed by atoms with E-state index in [1.165, 1.54) is 17.3 Å². The summed E-state index contributed by atoms with van der Waals surface area (Å²) in [7, 11) is 0. The highest BCUT2D eigenvalue weighted by atomic mass is 35.5. The van der Waals surface area contributed by atoms with Gasteiger partial charge in [-0.15, -0.1) is 11.8 Å². The first-order valence-electron chi connectivity index (χ1n) is 6.10. The molecule has 2 rings (SSSR count). The third kappa shape index (κ3) is 4.41. The maximum Gasteiger partial charge on any atom is 0.147 e. The van der Waals surface area contributed by atoms with E-state index >= 15 is 0 Å². The largest absolute Gasteiger partial charge is 0.298 e. The fraction of sp³-hybridized carbons (Fsp3) is 0.188. The molecule has 0 aromatic heterocycles. The summed E-state index contributed by atoms with van der Waals surface area (Å²) in [5, 5.41) is 0.704. The van der Waals surface area contributed by atoms with Crippen LogP contribution in [0, 0.1) is 6.92 Å². The van der Waals surface area contributed by atoms with Crippen LogP contribution in [0.15, 0.2) is 53.4 Å². The first kappa shape index (κ1) is 14.2. The molecule has 0 aliphatic carbocycles. The molecule has 2 aromatic rings. The molecule has 0 aliphatic heterocycles. The van der Waals surface area contributed by atoms with Gasteiger partial charge in [0.2, 0.25) is 0 Å². The molecule has 0 aliphatic rings. The molecule has 2 aromatic carbocycles. The van der Waals surface area contributed by atoms with Crippen LogP contribution in [0.25, 0.3) is 0 Å². The maximum atomic E-state index is 11.9. The van der Waals surface area contributed by atoms with Crippen molar-refractivity contribution in [1.82, 2.24) is 0 Å². The Bertz CT molecular complexity index is 580. The van der Waals surface area contributed by atoms with E-state index < -0.39 is 0 Å². The molecular formula is C16H15ClOS. The van der Waals surface area contributed by atoms with Crippen molar-refractivity contribution in [2.24, 2.45) is 0 Å². The van der Waals surface area contributed by atoms with Gasteiger partial charge in [0.05, 0.1) is 10.8 Å². The van der Waals surface area contributed by atoms with Gasteiger partial charge in [0.15, 0.2) is 0 Å². The van der Waals surface area contributed by atoms with E-state index in [2.05, 4.69) is 6.07 Å². The van der Waals surface area contributed by atoms with Gasteiger partial charge in [0.1, 0.15) is 5.78 Å². The van der Waals surface area contributed by atoms with Crippen molar-refractivity contribution in [3.63, 3.8) is 0 Å². The van der Waals surface area contributed by atoms with Gasteiger partial charge in [-0.3, -0.25) is 4.79 Å². The Morgan fingerprint density at radius 1 is 1.16 bits per heavy atom. The summed E-state index contributed by atoms with van der Waals surface area (Å²) < 4.78 is 0. The monoisotopic (exact) mass is 290 g/mol. The molecule has 0 amide bonds. The van der Waals surface area contributed by atoms with Gasteiger partial charge in [0, 0.05) is 11.3 Å². The minimum atomic E-state index is 0.218. The van der Waals surface area contributed by atoms with Crippen molar-refractivity contribution in [2.45, 2.75) is 18.2 Å². The van der Waals surface area contributed by atoms with Gasteiger partial charge in [-0.25, -0.2) is 0 Å². The number of thioether (sulfide) groups is 1. The predicted molar refractivity (Wildman–Crippen MR) is 82.1 cm³/mol. The Labute approximate surface area is 123 Å². The summed E-state index contributed by atoms with van der Waals surface area (Å²) in [6.07, 6.45) is 0.485. The van der Waals surface area contributed by atoms with Crippen LogP contribution < -0.4 is 0 Å². The molecule has 0 heterocycles. The second kappa shape index (κ2) is 6.78. The number of hydrogen-bond acceptors (Lipinski definition) is 2. The summed E-state index contributed by atoms with van der Waals surface area (Å²) in [6, 6.07) is 15.7. The standard InChI is InChI=1S/C16H15ClOS/c1-12-5-4-6-13(9-12)10-14(18)11-19-16-8-3-2-7-15(16)17/h2-9H,10-11H2,1H3. The van der Waals surface area contributed by atoms with Crippen molar-refractivity contribution in [2.75, 3.05) is 5.75 Å². The summed E-state index contributed by atoms with van der Waals surface area (Å²) >= 11 is 7.55. The van der Waals surface area contributed by atoms with Gasteiger partial charge in [-0.2, -0.15) is 0 Å². The first-order chi connectivity index (χ1) is 9.15. The lowest BCUT2D eigenvalue weighted by Crippen LogP contribution is -2.05. The fourth-order valence-electron chi connectivity index (χ4n) is 1.82. The van der Waals surface area contributed by atoms with Gasteiger partial charge in [0.25, 0.3) is 0 Å². The van der Waals surface area contributed by atoms with Crippen LogP contribution in [0.5, 0.6) is 0 Å². The summed E-state index contributed by atoms with van der Waals surface area (Å²) in [5.74, 6) is 0.674. The Kier molecular flexibility index (Phi) is 5.06. The normalized spacial score (nSPS) is 10.4. The molecule has 0 saturated heterocycles. The molecule has 1 nitrogen and oxygen atoms in total. The third-order valence-corrected chi connectivity index (χ3v) is 4.28. The second-order valence-electron chi connectivity index (χ2n) is 4.42. The average molecular weight is 291 g/mol. The predicted octanol–water partition coefficient (Wildman–Crippen LogP) is 4.55. The number of hydrogen-bond donors (Lipinski definition) is 0. The minimum absolute atomic E-state index is 0.218. The summed E-state index contributed by atoms with van der Waals surface area (Å²) in [4.78, 5) is 12.9. The lowest BCUT2D eigenvalue weighted by molar-refractivity contribution is -0.116. The molecule has 0 fully saturated rings. The highest BCUT2D eigenvalue weighted by Crippen LogP contribution is 2.26. The zero-order chi connectivity index (χ0) is 13.7. The van der Waals surface area contributed by atoms with E-state index in [0.717, 1.165) is 10.5 Å². The average Bonchev–Trinajstić information content (AvgIpc) is 2.38. The Morgan fingerprint density at radius 2 is 1.95 bits per heavy atom. The molecule has 0 atom stereocenters. The maximum absolute atomic E-state index is 11.9. The van der Waals surface area contributed by atoms with Crippen molar-refractivity contribution in [3.05, 3.63) is 64.7 Å². The number of Topliss-reactive ketones (excluding diaryl/α,β-unsaturated/α-hetero) is 1. The molecule has 3 heteroatoms. The van der Waals surface area contributed by atoms with Crippen molar-refractivity contribution >= 4 is 29.1 Å². The lowest BCUT2D eigenvalue weighted by atomic mass is 10.1. The van der Waals surface area contributed by atoms with Crippen molar-refractivity contribution < 1.29 is 4.79 Å². The Balaban J connectivity index is 1.90. The minimum Gasteiger partial charge on any atom is -0.298 e. The summed E-state index contributed by atoms with van der Waals surface area (Å²) in [6.45, 7) is 2.03. The number of aryl methyl sites for hydroxylation is 1. The second-order valence-corrected chi connectivity index (χ2v) is 5.85. The number of carbonyl (C=O) groups excluding carboxylic acids is 1. The molecule has 0 radical (unpaired) electrons. The molecule has 0 saturated carbocycles. The van der Waals surface area contributed by atoms with Crippen LogP contribution in [0.3, 0.4) is 0 Å². The van der Waals surface area contributed by atoms with E-state index in [1.54, 1.807) is 0 Å². The Hall–Kier alpha value is -1.25. The first-order valence-corrected chi connectivity index (χ1v) is 7.46. The molecule has 19 heavy (non-hydrogen) atoms. The molecule has 0 spiro atoms. The van der Waals surface area contributed by atoms with Gasteiger partial charge in [-0.1, -0.05) is 53.6 Å². The molecule has 0 bridgehead atoms. The SMILES string of the molecule is Cc1cccc(CC(=O)CSc2ccccc2Cl)c1.